The van der Waals surface area contributed by atoms with E-state index in [4.69, 9.17) is 4.42 Å². The highest BCUT2D eigenvalue weighted by molar-refractivity contribution is 7.92. The lowest BCUT2D eigenvalue weighted by Gasteiger charge is -2.36. The molecule has 1 N–H and O–H groups in total. The second-order valence-electron chi connectivity index (χ2n) is 10.7. The van der Waals surface area contributed by atoms with Crippen LogP contribution in [0.2, 0.25) is 0 Å². The SMILES string of the molecule is CCC(C)(C)C1CCc2oc3c(cc(NS(=O)(=O)c4ccc5ccccc5c4)c4ccccc43)c2C1. The summed E-state index contributed by atoms with van der Waals surface area (Å²) in [5, 5.41) is 4.71. The zero-order valence-corrected chi connectivity index (χ0v) is 21.8. The minimum atomic E-state index is -3.79. The molecule has 5 aromatic rings. The van der Waals surface area contributed by atoms with E-state index in [1.807, 2.05) is 60.7 Å². The van der Waals surface area contributed by atoms with Gasteiger partial charge in [-0.1, -0.05) is 81.8 Å². The van der Waals surface area contributed by atoms with E-state index in [2.05, 4.69) is 25.5 Å². The third-order valence-electron chi connectivity index (χ3n) is 8.34. The molecule has 5 heteroatoms. The van der Waals surface area contributed by atoms with Crippen LogP contribution in [0.4, 0.5) is 5.69 Å². The monoisotopic (exact) mass is 497 g/mol. The Kier molecular flexibility index (Phi) is 5.38. The maximum Gasteiger partial charge on any atom is 0.261 e. The van der Waals surface area contributed by atoms with E-state index < -0.39 is 10.0 Å². The van der Waals surface area contributed by atoms with Crippen molar-refractivity contribution < 1.29 is 12.8 Å². The Balaban J connectivity index is 1.48. The van der Waals surface area contributed by atoms with E-state index in [-0.39, 0.29) is 10.3 Å². The highest BCUT2D eigenvalue weighted by atomic mass is 32.2. The third-order valence-corrected chi connectivity index (χ3v) is 9.71. The van der Waals surface area contributed by atoms with Crippen LogP contribution < -0.4 is 4.72 Å². The zero-order valence-electron chi connectivity index (χ0n) is 21.0. The highest BCUT2D eigenvalue weighted by Gasteiger charge is 2.34. The Morgan fingerprint density at radius 1 is 0.917 bits per heavy atom. The molecule has 0 radical (unpaired) electrons. The van der Waals surface area contributed by atoms with Crippen molar-refractivity contribution >= 4 is 48.2 Å². The third kappa shape index (κ3) is 3.77. The fraction of sp³-hybridized carbons (Fsp3) is 0.290. The standard InChI is InChI=1S/C31H31NO3S/c1-4-31(2,3)22-14-16-29-26(18-22)27-19-28(24-11-7-8-12-25(24)30(27)35-29)32-36(33,34)23-15-13-20-9-5-6-10-21(20)17-23/h5-13,15,17,19,22,32H,4,14,16,18H2,1-3H3. The van der Waals surface area contributed by atoms with Gasteiger partial charge in [0.1, 0.15) is 11.3 Å². The highest BCUT2D eigenvalue weighted by Crippen LogP contribution is 2.45. The summed E-state index contributed by atoms with van der Waals surface area (Å²) in [5.41, 5.74) is 2.93. The molecule has 0 saturated carbocycles. The van der Waals surface area contributed by atoms with Gasteiger partial charge in [0.25, 0.3) is 10.0 Å². The molecule has 0 saturated heterocycles. The molecule has 1 heterocycles. The lowest BCUT2D eigenvalue weighted by Crippen LogP contribution is -2.28. The predicted octanol–water partition coefficient (Wildman–Crippen LogP) is 8.08. The Morgan fingerprint density at radius 3 is 2.42 bits per heavy atom. The topological polar surface area (TPSA) is 59.3 Å². The van der Waals surface area contributed by atoms with Gasteiger partial charge in [0.2, 0.25) is 0 Å². The number of nitrogens with one attached hydrogen (secondary N) is 1. The molecule has 0 bridgehead atoms. The van der Waals surface area contributed by atoms with Gasteiger partial charge in [0, 0.05) is 28.1 Å². The summed E-state index contributed by atoms with van der Waals surface area (Å²) < 4.78 is 36.4. The number of hydrogen-bond donors (Lipinski definition) is 1. The molecular formula is C31H31NO3S. The van der Waals surface area contributed by atoms with Crippen LogP contribution in [0.5, 0.6) is 0 Å². The number of anilines is 1. The number of furan rings is 1. The van der Waals surface area contributed by atoms with Crippen LogP contribution >= 0.6 is 0 Å². The van der Waals surface area contributed by atoms with Crippen LogP contribution in [0.25, 0.3) is 32.5 Å². The van der Waals surface area contributed by atoms with Gasteiger partial charge in [-0.25, -0.2) is 8.42 Å². The first-order valence-corrected chi connectivity index (χ1v) is 14.2. The number of hydrogen-bond acceptors (Lipinski definition) is 3. The molecule has 4 nitrogen and oxygen atoms in total. The second-order valence-corrected chi connectivity index (χ2v) is 12.4. The van der Waals surface area contributed by atoms with Gasteiger partial charge in [0.05, 0.1) is 10.6 Å². The van der Waals surface area contributed by atoms with Crippen molar-refractivity contribution in [3.63, 3.8) is 0 Å². The summed E-state index contributed by atoms with van der Waals surface area (Å²) in [4.78, 5) is 0.254. The van der Waals surface area contributed by atoms with Crippen molar-refractivity contribution in [2.75, 3.05) is 4.72 Å². The fourth-order valence-corrected chi connectivity index (χ4v) is 6.78. The molecule has 1 aromatic heterocycles. The summed E-state index contributed by atoms with van der Waals surface area (Å²) in [5.74, 6) is 1.62. The van der Waals surface area contributed by atoms with Crippen molar-refractivity contribution in [2.24, 2.45) is 11.3 Å². The second kappa shape index (κ2) is 8.38. The van der Waals surface area contributed by atoms with Gasteiger partial charge in [-0.05, 0) is 53.1 Å². The Bertz CT molecular complexity index is 1730. The van der Waals surface area contributed by atoms with Crippen LogP contribution in [-0.4, -0.2) is 8.42 Å². The minimum absolute atomic E-state index is 0.249. The summed E-state index contributed by atoms with van der Waals surface area (Å²) in [6, 6.07) is 22.9. The lowest BCUT2D eigenvalue weighted by atomic mass is 9.69. The first kappa shape index (κ1) is 23.1. The zero-order chi connectivity index (χ0) is 25.1. The average molecular weight is 498 g/mol. The molecule has 1 aliphatic carbocycles. The normalized spacial score (nSPS) is 16.5. The van der Waals surface area contributed by atoms with E-state index in [1.165, 1.54) is 5.56 Å². The fourth-order valence-electron chi connectivity index (χ4n) is 5.68. The minimum Gasteiger partial charge on any atom is -0.460 e. The molecule has 0 amide bonds. The number of fused-ring (bicyclic) bond motifs is 6. The molecule has 1 aliphatic rings. The van der Waals surface area contributed by atoms with Gasteiger partial charge < -0.3 is 4.42 Å². The number of aryl methyl sites for hydroxylation is 1. The van der Waals surface area contributed by atoms with Crippen LogP contribution in [0.15, 0.2) is 82.1 Å². The quantitative estimate of drug-likeness (QED) is 0.267. The average Bonchev–Trinajstić information content (AvgIpc) is 3.26. The molecule has 36 heavy (non-hydrogen) atoms. The van der Waals surface area contributed by atoms with E-state index >= 15 is 0 Å². The smallest absolute Gasteiger partial charge is 0.261 e. The van der Waals surface area contributed by atoms with Crippen LogP contribution in [0.1, 0.15) is 44.9 Å². The molecule has 6 rings (SSSR count). The largest absolute Gasteiger partial charge is 0.460 e. The molecule has 0 fully saturated rings. The molecule has 184 valence electrons. The summed E-state index contributed by atoms with van der Waals surface area (Å²) in [7, 11) is -3.79. The molecule has 0 spiro atoms. The first-order valence-electron chi connectivity index (χ1n) is 12.7. The Morgan fingerprint density at radius 2 is 1.64 bits per heavy atom. The van der Waals surface area contributed by atoms with E-state index in [0.717, 1.165) is 64.0 Å². The van der Waals surface area contributed by atoms with Crippen LogP contribution in [0.3, 0.4) is 0 Å². The van der Waals surface area contributed by atoms with Crippen LogP contribution in [0, 0.1) is 11.3 Å². The number of sulfonamides is 1. The summed E-state index contributed by atoms with van der Waals surface area (Å²) in [6.07, 6.45) is 4.12. The molecule has 1 unspecified atom stereocenters. The summed E-state index contributed by atoms with van der Waals surface area (Å²) >= 11 is 0. The maximum absolute atomic E-state index is 13.5. The van der Waals surface area contributed by atoms with E-state index in [0.29, 0.717) is 11.6 Å². The van der Waals surface area contributed by atoms with Crippen molar-refractivity contribution in [1.29, 1.82) is 0 Å². The lowest BCUT2D eigenvalue weighted by molar-refractivity contribution is 0.179. The van der Waals surface area contributed by atoms with Crippen LogP contribution in [-0.2, 0) is 22.9 Å². The Labute approximate surface area is 212 Å². The van der Waals surface area contributed by atoms with Gasteiger partial charge in [-0.2, -0.15) is 0 Å². The maximum atomic E-state index is 13.5. The Hall–Kier alpha value is -3.31. The van der Waals surface area contributed by atoms with Crippen molar-refractivity contribution in [2.45, 2.75) is 51.3 Å². The van der Waals surface area contributed by atoms with Gasteiger partial charge in [-0.15, -0.1) is 0 Å². The van der Waals surface area contributed by atoms with Gasteiger partial charge in [0.15, 0.2) is 0 Å². The predicted molar refractivity (Wildman–Crippen MR) is 148 cm³/mol. The molecular weight excluding hydrogens is 466 g/mol. The van der Waals surface area contributed by atoms with Crippen molar-refractivity contribution in [3.8, 4) is 0 Å². The number of benzene rings is 4. The summed E-state index contributed by atoms with van der Waals surface area (Å²) in [6.45, 7) is 6.96. The number of rotatable bonds is 5. The molecule has 1 atom stereocenters. The van der Waals surface area contributed by atoms with Gasteiger partial charge in [-0.3, -0.25) is 4.72 Å². The van der Waals surface area contributed by atoms with Gasteiger partial charge >= 0.3 is 0 Å². The molecule has 0 aliphatic heterocycles. The van der Waals surface area contributed by atoms with Crippen molar-refractivity contribution in [1.82, 2.24) is 0 Å². The first-order chi connectivity index (χ1) is 17.3. The van der Waals surface area contributed by atoms with E-state index in [9.17, 15) is 8.42 Å². The van der Waals surface area contributed by atoms with E-state index in [1.54, 1.807) is 12.1 Å². The van der Waals surface area contributed by atoms with Crippen molar-refractivity contribution in [3.05, 3.63) is 84.1 Å². The molecule has 4 aromatic carbocycles.